The van der Waals surface area contributed by atoms with Crippen LogP contribution in [0.4, 0.5) is 0 Å². The first-order chi connectivity index (χ1) is 12.8. The van der Waals surface area contributed by atoms with Gasteiger partial charge in [0.25, 0.3) is 0 Å². The number of esters is 2. The molecule has 0 spiro atoms. The molecule has 156 valence electrons. The van der Waals surface area contributed by atoms with E-state index in [1.807, 2.05) is 0 Å². The van der Waals surface area contributed by atoms with Gasteiger partial charge in [0, 0.05) is 24.4 Å². The van der Waals surface area contributed by atoms with Crippen molar-refractivity contribution in [2.45, 2.75) is 65.5 Å². The summed E-state index contributed by atoms with van der Waals surface area (Å²) in [6.45, 7) is 16.4. The van der Waals surface area contributed by atoms with Crippen LogP contribution in [0.1, 0.15) is 53.4 Å². The van der Waals surface area contributed by atoms with Crippen molar-refractivity contribution in [2.75, 3.05) is 26.4 Å². The Morgan fingerprint density at radius 2 is 1.11 bits per heavy atom. The molecule has 6 nitrogen and oxygen atoms in total. The van der Waals surface area contributed by atoms with E-state index in [1.54, 1.807) is 13.8 Å². The van der Waals surface area contributed by atoms with Crippen LogP contribution in [0.15, 0.2) is 24.3 Å². The van der Waals surface area contributed by atoms with Crippen LogP contribution in [-0.4, -0.2) is 46.9 Å². The van der Waals surface area contributed by atoms with Crippen LogP contribution in [0, 0.1) is 0 Å². The molecule has 0 aliphatic carbocycles. The summed E-state index contributed by atoms with van der Waals surface area (Å²) in [4.78, 5) is 23.0. The van der Waals surface area contributed by atoms with E-state index >= 15 is 0 Å². The second-order valence-corrected chi connectivity index (χ2v) is 10.0. The lowest BCUT2D eigenvalue weighted by Gasteiger charge is -2.31. The molecule has 0 heterocycles. The molecule has 7 heteroatoms. The fourth-order valence-electron chi connectivity index (χ4n) is 2.29. The zero-order valence-electron chi connectivity index (χ0n) is 17.4. The van der Waals surface area contributed by atoms with E-state index in [9.17, 15) is 9.59 Å². The van der Waals surface area contributed by atoms with Gasteiger partial charge < -0.3 is 18.3 Å². The van der Waals surface area contributed by atoms with Gasteiger partial charge in [-0.15, -0.1) is 0 Å². The molecule has 0 aliphatic rings. The van der Waals surface area contributed by atoms with Gasteiger partial charge in [-0.2, -0.15) is 0 Å². The Kier molecular flexibility index (Phi) is 13.8. The van der Waals surface area contributed by atoms with Crippen molar-refractivity contribution in [1.82, 2.24) is 0 Å². The predicted octanol–water partition coefficient (Wildman–Crippen LogP) is 4.30. The van der Waals surface area contributed by atoms with Crippen LogP contribution < -0.4 is 0 Å². The third-order valence-electron chi connectivity index (χ3n) is 3.71. The van der Waals surface area contributed by atoms with Crippen molar-refractivity contribution in [3.8, 4) is 0 Å². The molecule has 0 fully saturated rings. The number of ether oxygens (including phenoxy) is 2. The molecule has 0 aromatic heterocycles. The van der Waals surface area contributed by atoms with Crippen LogP contribution in [0.3, 0.4) is 0 Å². The monoisotopic (exact) mass is 400 g/mol. The number of rotatable bonds is 16. The van der Waals surface area contributed by atoms with Crippen LogP contribution in [0.25, 0.3) is 0 Å². The summed E-state index contributed by atoms with van der Waals surface area (Å²) < 4.78 is 22.8. The summed E-state index contributed by atoms with van der Waals surface area (Å²) in [7, 11) is -2.46. The lowest BCUT2D eigenvalue weighted by Crippen LogP contribution is -2.43. The summed E-state index contributed by atoms with van der Waals surface area (Å²) in [5.41, 5.74) is 0.782. The van der Waals surface area contributed by atoms with Crippen molar-refractivity contribution in [2.24, 2.45) is 0 Å². The molecule has 0 saturated carbocycles. The van der Waals surface area contributed by atoms with Gasteiger partial charge in [-0.25, -0.2) is 9.59 Å². The van der Waals surface area contributed by atoms with E-state index in [-0.39, 0.29) is 11.9 Å². The highest BCUT2D eigenvalue weighted by molar-refractivity contribution is 6.67. The molecule has 0 amide bonds. The van der Waals surface area contributed by atoms with Gasteiger partial charge in [0.2, 0.25) is 0 Å². The van der Waals surface area contributed by atoms with E-state index in [2.05, 4.69) is 27.0 Å². The van der Waals surface area contributed by atoms with Gasteiger partial charge in [0.05, 0.1) is 13.2 Å². The van der Waals surface area contributed by atoms with E-state index in [4.69, 9.17) is 18.3 Å². The molecule has 0 bridgehead atoms. The third kappa shape index (κ3) is 11.8. The molecule has 0 radical (unpaired) electrons. The summed E-state index contributed by atoms with van der Waals surface area (Å²) >= 11 is 0. The van der Waals surface area contributed by atoms with Crippen molar-refractivity contribution in [3.05, 3.63) is 24.3 Å². The van der Waals surface area contributed by atoms with Crippen molar-refractivity contribution < 1.29 is 27.9 Å². The first-order valence-corrected chi connectivity index (χ1v) is 11.9. The van der Waals surface area contributed by atoms with Gasteiger partial charge >= 0.3 is 20.5 Å². The predicted molar refractivity (Wildman–Crippen MR) is 109 cm³/mol. The van der Waals surface area contributed by atoms with Crippen LogP contribution in [0.5, 0.6) is 0 Å². The highest BCUT2D eigenvalue weighted by Crippen LogP contribution is 2.24. The maximum absolute atomic E-state index is 11.5. The fourth-order valence-corrected chi connectivity index (χ4v) is 5.72. The Balaban J connectivity index is 4.72. The highest BCUT2D eigenvalue weighted by atomic mass is 28.4. The first kappa shape index (κ1) is 25.6. The molecular weight excluding hydrogens is 364 g/mol. The van der Waals surface area contributed by atoms with Gasteiger partial charge in [0.1, 0.15) is 0 Å². The number of hydrogen-bond acceptors (Lipinski definition) is 6. The van der Waals surface area contributed by atoms with Crippen molar-refractivity contribution in [3.63, 3.8) is 0 Å². The molecule has 27 heavy (non-hydrogen) atoms. The van der Waals surface area contributed by atoms with E-state index in [0.717, 1.165) is 24.9 Å². The van der Waals surface area contributed by atoms with Crippen molar-refractivity contribution in [1.29, 1.82) is 0 Å². The lowest BCUT2D eigenvalue weighted by atomic mass is 10.4. The molecule has 0 unspecified atom stereocenters. The quantitative estimate of drug-likeness (QED) is 0.166. The van der Waals surface area contributed by atoms with Gasteiger partial charge in [-0.3, -0.25) is 0 Å². The lowest BCUT2D eigenvalue weighted by molar-refractivity contribution is -0.139. The minimum Gasteiger partial charge on any atom is -0.462 e. The first-order valence-electron chi connectivity index (χ1n) is 9.71. The Labute approximate surface area is 165 Å². The Hall–Kier alpha value is -1.44. The van der Waals surface area contributed by atoms with E-state index in [0.29, 0.717) is 50.4 Å². The minimum absolute atomic E-state index is 0.316. The van der Waals surface area contributed by atoms with Crippen molar-refractivity contribution >= 4 is 20.5 Å². The smallest absolute Gasteiger partial charge is 0.338 e. The molecule has 0 saturated heterocycles. The molecule has 0 aromatic carbocycles. The standard InChI is InChI=1S/C20H36O6Si/c1-7-11-25-27(26-12-8-2,15-9-13-23-19(21)17(3)4)16-10-14-24-20(22)18(5)6/h3,5,7-16H2,1-2,4,6H3. The molecular formula is C20H36O6Si. The van der Waals surface area contributed by atoms with Gasteiger partial charge in [-0.05, 0) is 51.6 Å². The summed E-state index contributed by atoms with van der Waals surface area (Å²) in [6.07, 6.45) is 3.15. The number of hydrogen-bond donors (Lipinski definition) is 0. The zero-order valence-corrected chi connectivity index (χ0v) is 18.4. The Morgan fingerprint density at radius 3 is 1.41 bits per heavy atom. The normalized spacial score (nSPS) is 11.1. The SMILES string of the molecule is C=C(C)C(=O)OCCC[Si](CCCOC(=O)C(=C)C)(OCCC)OCCC. The minimum atomic E-state index is -2.46. The second kappa shape index (κ2) is 14.6. The topological polar surface area (TPSA) is 71.1 Å². The largest absolute Gasteiger partial charge is 0.462 e. The summed E-state index contributed by atoms with van der Waals surface area (Å²) in [6, 6.07) is 1.45. The average Bonchev–Trinajstić information content (AvgIpc) is 2.64. The number of carbonyl (C=O) groups excluding carboxylic acids is 2. The van der Waals surface area contributed by atoms with E-state index in [1.165, 1.54) is 0 Å². The van der Waals surface area contributed by atoms with E-state index < -0.39 is 8.56 Å². The Morgan fingerprint density at radius 1 is 0.741 bits per heavy atom. The third-order valence-corrected chi connectivity index (χ3v) is 7.40. The fraction of sp³-hybridized carbons (Fsp3) is 0.700. The maximum atomic E-state index is 11.5. The second-order valence-electron chi connectivity index (χ2n) is 6.65. The average molecular weight is 401 g/mol. The molecule has 0 rings (SSSR count). The van der Waals surface area contributed by atoms with Crippen LogP contribution in [0.2, 0.25) is 12.1 Å². The zero-order chi connectivity index (χ0) is 20.7. The van der Waals surface area contributed by atoms with Gasteiger partial charge in [0.15, 0.2) is 0 Å². The highest BCUT2D eigenvalue weighted by Gasteiger charge is 2.36. The molecule has 0 aliphatic heterocycles. The molecule has 0 N–H and O–H groups in total. The summed E-state index contributed by atoms with van der Waals surface area (Å²) in [5.74, 6) is -0.754. The van der Waals surface area contributed by atoms with Gasteiger partial charge in [-0.1, -0.05) is 27.0 Å². The molecule has 0 aromatic rings. The Bertz CT molecular complexity index is 445. The van der Waals surface area contributed by atoms with Crippen LogP contribution >= 0.6 is 0 Å². The summed E-state index contributed by atoms with van der Waals surface area (Å²) in [5, 5.41) is 0. The number of carbonyl (C=O) groups is 2. The van der Waals surface area contributed by atoms with Crippen LogP contribution in [-0.2, 0) is 27.9 Å². The maximum Gasteiger partial charge on any atom is 0.338 e. The molecule has 0 atom stereocenters.